The summed E-state index contributed by atoms with van der Waals surface area (Å²) in [6.45, 7) is 8.38. The maximum Gasteiger partial charge on any atom is 0.246 e. The first kappa shape index (κ1) is 16.8. The van der Waals surface area contributed by atoms with Gasteiger partial charge in [0.1, 0.15) is 6.04 Å². The Morgan fingerprint density at radius 2 is 2.07 bits per heavy atom. The predicted octanol–water partition coefficient (Wildman–Crippen LogP) is 2.57. The Morgan fingerprint density at radius 1 is 1.22 bits per heavy atom. The van der Waals surface area contributed by atoms with Crippen molar-refractivity contribution < 1.29 is 9.26 Å². The number of fused-ring (bicyclic) bond motifs is 1. The lowest BCUT2D eigenvalue weighted by molar-refractivity contribution is -0.0767. The van der Waals surface area contributed by atoms with Gasteiger partial charge in [0, 0.05) is 30.4 Å². The van der Waals surface area contributed by atoms with Crippen molar-refractivity contribution >= 4 is 5.78 Å². The van der Waals surface area contributed by atoms with Crippen LogP contribution in [0.1, 0.15) is 60.5 Å². The minimum atomic E-state index is -0.0528. The Morgan fingerprint density at radius 3 is 2.89 bits per heavy atom. The average Bonchev–Trinajstić information content (AvgIpc) is 3.23. The first-order chi connectivity index (χ1) is 13.1. The van der Waals surface area contributed by atoms with Crippen molar-refractivity contribution in [3.63, 3.8) is 0 Å². The van der Waals surface area contributed by atoms with Crippen LogP contribution in [0.4, 0.5) is 0 Å². The normalized spacial score (nSPS) is 24.0. The lowest BCUT2D eigenvalue weighted by Crippen LogP contribution is -2.44. The minimum Gasteiger partial charge on any atom is -0.375 e. The van der Waals surface area contributed by atoms with E-state index in [0.29, 0.717) is 18.4 Å². The Kier molecular flexibility index (Phi) is 3.98. The molecular formula is C19H24N6O2. The quantitative estimate of drug-likeness (QED) is 0.700. The van der Waals surface area contributed by atoms with E-state index in [0.717, 1.165) is 54.6 Å². The maximum atomic E-state index is 5.90. The van der Waals surface area contributed by atoms with Crippen LogP contribution >= 0.6 is 0 Å². The van der Waals surface area contributed by atoms with E-state index in [1.807, 2.05) is 13.1 Å². The van der Waals surface area contributed by atoms with Gasteiger partial charge in [-0.25, -0.2) is 9.97 Å². The highest BCUT2D eigenvalue weighted by molar-refractivity contribution is 5.35. The van der Waals surface area contributed by atoms with Crippen molar-refractivity contribution in [2.45, 2.75) is 58.2 Å². The van der Waals surface area contributed by atoms with Crippen molar-refractivity contribution in [3.05, 3.63) is 41.1 Å². The summed E-state index contributed by atoms with van der Waals surface area (Å²) in [5, 5.41) is 4.20. The molecule has 0 bridgehead atoms. The van der Waals surface area contributed by atoms with Crippen LogP contribution in [0.3, 0.4) is 0 Å². The van der Waals surface area contributed by atoms with Gasteiger partial charge in [0.15, 0.2) is 5.82 Å². The maximum absolute atomic E-state index is 5.90. The molecule has 2 aliphatic rings. The molecule has 5 rings (SSSR count). The summed E-state index contributed by atoms with van der Waals surface area (Å²) < 4.78 is 13.7. The van der Waals surface area contributed by atoms with Crippen molar-refractivity contribution in [1.82, 2.24) is 29.4 Å². The Balaban J connectivity index is 1.47. The van der Waals surface area contributed by atoms with Crippen LogP contribution in [0.15, 0.2) is 16.8 Å². The van der Waals surface area contributed by atoms with E-state index in [4.69, 9.17) is 9.26 Å². The number of morpholine rings is 1. The number of hydrogen-bond donors (Lipinski definition) is 0. The molecule has 0 spiro atoms. The summed E-state index contributed by atoms with van der Waals surface area (Å²) in [5.41, 5.74) is 3.22. The van der Waals surface area contributed by atoms with Crippen molar-refractivity contribution in [1.29, 1.82) is 0 Å². The summed E-state index contributed by atoms with van der Waals surface area (Å²) in [7, 11) is 0. The number of ether oxygens (including phenoxy) is 1. The highest BCUT2D eigenvalue weighted by atomic mass is 16.5. The summed E-state index contributed by atoms with van der Waals surface area (Å²) in [5.74, 6) is 2.72. The molecule has 0 amide bonds. The molecule has 0 aromatic carbocycles. The van der Waals surface area contributed by atoms with E-state index >= 15 is 0 Å². The molecule has 4 heterocycles. The Hall–Kier alpha value is -2.32. The first-order valence-electron chi connectivity index (χ1n) is 9.60. The number of nitrogens with zero attached hydrogens (tertiary/aromatic N) is 6. The van der Waals surface area contributed by atoms with Gasteiger partial charge < -0.3 is 9.26 Å². The van der Waals surface area contributed by atoms with Crippen LogP contribution in [0, 0.1) is 13.8 Å². The highest BCUT2D eigenvalue weighted by Crippen LogP contribution is 2.39. The molecule has 3 aromatic rings. The van der Waals surface area contributed by atoms with Gasteiger partial charge in [0.2, 0.25) is 11.7 Å². The predicted molar refractivity (Wildman–Crippen MR) is 97.3 cm³/mol. The van der Waals surface area contributed by atoms with E-state index in [1.165, 1.54) is 0 Å². The molecule has 1 saturated heterocycles. The fourth-order valence-corrected chi connectivity index (χ4v) is 4.01. The smallest absolute Gasteiger partial charge is 0.246 e. The van der Waals surface area contributed by atoms with E-state index in [1.54, 1.807) is 0 Å². The van der Waals surface area contributed by atoms with Gasteiger partial charge in [-0.3, -0.25) is 9.30 Å². The van der Waals surface area contributed by atoms with Gasteiger partial charge in [0.25, 0.3) is 0 Å². The number of aryl methyl sites for hydroxylation is 2. The van der Waals surface area contributed by atoms with E-state index < -0.39 is 0 Å². The standard InChI is InChI=1S/C19H24N6O2/c1-11-8-12(2)25-15(9-20-19(25)21-11)10-24-6-7-26-13(3)16(24)18-22-17(23-27-18)14-4-5-14/h8-9,13-14,16H,4-7,10H2,1-3H3/t13-,16+/m1/s1. The largest absolute Gasteiger partial charge is 0.375 e. The van der Waals surface area contributed by atoms with Crippen molar-refractivity contribution in [2.24, 2.45) is 0 Å². The molecule has 0 radical (unpaired) electrons. The number of rotatable bonds is 4. The third-order valence-corrected chi connectivity index (χ3v) is 5.48. The zero-order chi connectivity index (χ0) is 18.5. The number of hydrogen-bond acceptors (Lipinski definition) is 7. The lowest BCUT2D eigenvalue weighted by atomic mass is 10.1. The second-order valence-electron chi connectivity index (χ2n) is 7.68. The van der Waals surface area contributed by atoms with Crippen LogP contribution in [0.25, 0.3) is 5.78 Å². The summed E-state index contributed by atoms with van der Waals surface area (Å²) in [6, 6.07) is 2.03. The fraction of sp³-hybridized carbons (Fsp3) is 0.579. The third-order valence-electron chi connectivity index (χ3n) is 5.48. The zero-order valence-electron chi connectivity index (χ0n) is 15.9. The van der Waals surface area contributed by atoms with Gasteiger partial charge in [-0.15, -0.1) is 0 Å². The zero-order valence-corrected chi connectivity index (χ0v) is 15.9. The monoisotopic (exact) mass is 368 g/mol. The van der Waals surface area contributed by atoms with E-state index in [9.17, 15) is 0 Å². The van der Waals surface area contributed by atoms with Crippen molar-refractivity contribution in [2.75, 3.05) is 13.2 Å². The molecule has 2 atom stereocenters. The van der Waals surface area contributed by atoms with Crippen LogP contribution in [-0.4, -0.2) is 48.7 Å². The first-order valence-corrected chi connectivity index (χ1v) is 9.60. The van der Waals surface area contributed by atoms with E-state index in [2.05, 4.69) is 49.3 Å². The van der Waals surface area contributed by atoms with Crippen LogP contribution in [0.2, 0.25) is 0 Å². The van der Waals surface area contributed by atoms with Gasteiger partial charge in [0.05, 0.1) is 24.6 Å². The van der Waals surface area contributed by atoms with Crippen LogP contribution < -0.4 is 0 Å². The molecule has 27 heavy (non-hydrogen) atoms. The van der Waals surface area contributed by atoms with Crippen LogP contribution in [0.5, 0.6) is 0 Å². The third kappa shape index (κ3) is 3.02. The van der Waals surface area contributed by atoms with Gasteiger partial charge in [-0.2, -0.15) is 4.98 Å². The summed E-state index contributed by atoms with van der Waals surface area (Å²) in [6.07, 6.45) is 4.22. The molecule has 0 unspecified atom stereocenters. The second kappa shape index (κ2) is 6.38. The highest BCUT2D eigenvalue weighted by Gasteiger charge is 2.37. The van der Waals surface area contributed by atoms with Crippen LogP contribution in [-0.2, 0) is 11.3 Å². The molecule has 142 valence electrons. The SMILES string of the molecule is Cc1cc(C)n2c(CN3CCO[C@H](C)[C@H]3c3nc(C4CC4)no3)cnc2n1. The molecule has 1 aliphatic heterocycles. The molecular weight excluding hydrogens is 344 g/mol. The Bertz CT molecular complexity index is 976. The summed E-state index contributed by atoms with van der Waals surface area (Å²) >= 11 is 0. The van der Waals surface area contributed by atoms with Crippen molar-refractivity contribution in [3.8, 4) is 0 Å². The second-order valence-corrected chi connectivity index (χ2v) is 7.68. The topological polar surface area (TPSA) is 81.6 Å². The van der Waals surface area contributed by atoms with E-state index in [-0.39, 0.29) is 12.1 Å². The average molecular weight is 368 g/mol. The molecule has 8 nitrogen and oxygen atoms in total. The Labute approximate surface area is 157 Å². The van der Waals surface area contributed by atoms with Gasteiger partial charge >= 0.3 is 0 Å². The van der Waals surface area contributed by atoms with Gasteiger partial charge in [-0.1, -0.05) is 5.16 Å². The summed E-state index contributed by atoms with van der Waals surface area (Å²) in [4.78, 5) is 16.1. The number of aromatic nitrogens is 5. The molecule has 1 aliphatic carbocycles. The molecule has 8 heteroatoms. The molecule has 0 N–H and O–H groups in total. The van der Waals surface area contributed by atoms with Gasteiger partial charge in [-0.05, 0) is 39.7 Å². The molecule has 2 fully saturated rings. The fourth-order valence-electron chi connectivity index (χ4n) is 4.01. The lowest BCUT2D eigenvalue weighted by Gasteiger charge is -2.37. The number of imidazole rings is 1. The molecule has 3 aromatic heterocycles. The molecule has 1 saturated carbocycles. The minimum absolute atomic E-state index is 0.00750.